The predicted molar refractivity (Wildman–Crippen MR) is 89.8 cm³/mol. The standard InChI is InChI=1S/C16H11Br2NO3/c17-10-3-1-2-9(6-10)14(20)8-16(22)12-7-11(18)4-5-13(12)19-15(16)21/h1-7,22H,8H2,(H,19,21). The van der Waals surface area contributed by atoms with Crippen LogP contribution in [-0.2, 0) is 10.4 Å². The summed E-state index contributed by atoms with van der Waals surface area (Å²) in [4.78, 5) is 24.6. The van der Waals surface area contributed by atoms with Gasteiger partial charge in [0.05, 0.1) is 6.42 Å². The summed E-state index contributed by atoms with van der Waals surface area (Å²) in [5.41, 5.74) is -0.467. The molecular formula is C16H11Br2NO3. The summed E-state index contributed by atoms with van der Waals surface area (Å²) in [6.45, 7) is 0. The smallest absolute Gasteiger partial charge is 0.261 e. The van der Waals surface area contributed by atoms with Gasteiger partial charge in [-0.3, -0.25) is 9.59 Å². The number of rotatable bonds is 3. The third-order valence-corrected chi connectivity index (χ3v) is 4.60. The molecule has 22 heavy (non-hydrogen) atoms. The lowest BCUT2D eigenvalue weighted by atomic mass is 9.88. The first-order valence-electron chi connectivity index (χ1n) is 6.53. The molecule has 1 unspecified atom stereocenters. The molecule has 1 aliphatic rings. The number of ketones is 1. The quantitative estimate of drug-likeness (QED) is 0.739. The van der Waals surface area contributed by atoms with Crippen LogP contribution in [0.5, 0.6) is 0 Å². The van der Waals surface area contributed by atoms with Gasteiger partial charge in [0.2, 0.25) is 0 Å². The highest BCUT2D eigenvalue weighted by Gasteiger charge is 2.46. The second-order valence-electron chi connectivity index (χ2n) is 5.11. The van der Waals surface area contributed by atoms with E-state index in [1.165, 1.54) is 0 Å². The van der Waals surface area contributed by atoms with Gasteiger partial charge in [-0.1, -0.05) is 44.0 Å². The van der Waals surface area contributed by atoms with Gasteiger partial charge < -0.3 is 10.4 Å². The van der Waals surface area contributed by atoms with Crippen LogP contribution in [0.1, 0.15) is 22.3 Å². The molecule has 0 spiro atoms. The van der Waals surface area contributed by atoms with Crippen LogP contribution in [0.15, 0.2) is 51.4 Å². The first-order valence-corrected chi connectivity index (χ1v) is 8.11. The zero-order valence-corrected chi connectivity index (χ0v) is 14.4. The third kappa shape index (κ3) is 2.62. The van der Waals surface area contributed by atoms with Gasteiger partial charge in [0.25, 0.3) is 5.91 Å². The Labute approximate surface area is 143 Å². The fraction of sp³-hybridized carbons (Fsp3) is 0.125. The maximum absolute atomic E-state index is 12.4. The molecule has 0 aliphatic carbocycles. The number of halogens is 2. The molecule has 0 saturated carbocycles. The van der Waals surface area contributed by atoms with Crippen LogP contribution >= 0.6 is 31.9 Å². The second kappa shape index (κ2) is 5.61. The largest absolute Gasteiger partial charge is 0.375 e. The number of hydrogen-bond acceptors (Lipinski definition) is 3. The summed E-state index contributed by atoms with van der Waals surface area (Å²) in [6.07, 6.45) is -0.307. The van der Waals surface area contributed by atoms with E-state index in [4.69, 9.17) is 0 Å². The molecular weight excluding hydrogens is 414 g/mol. The summed E-state index contributed by atoms with van der Waals surface area (Å²) in [5.74, 6) is -0.879. The number of hydrogen-bond donors (Lipinski definition) is 2. The predicted octanol–water partition coefficient (Wildman–Crippen LogP) is 3.62. The average molecular weight is 425 g/mol. The Bertz CT molecular complexity index is 791. The number of anilines is 1. The molecule has 0 fully saturated rings. The molecule has 6 heteroatoms. The lowest BCUT2D eigenvalue weighted by molar-refractivity contribution is -0.133. The molecule has 0 radical (unpaired) electrons. The van der Waals surface area contributed by atoms with Crippen LogP contribution < -0.4 is 5.32 Å². The third-order valence-electron chi connectivity index (χ3n) is 3.61. The van der Waals surface area contributed by atoms with E-state index >= 15 is 0 Å². The van der Waals surface area contributed by atoms with E-state index in [0.717, 1.165) is 8.95 Å². The topological polar surface area (TPSA) is 66.4 Å². The van der Waals surface area contributed by atoms with Gasteiger partial charge in [0, 0.05) is 25.8 Å². The van der Waals surface area contributed by atoms with Gasteiger partial charge in [-0.2, -0.15) is 0 Å². The Hall–Kier alpha value is -1.50. The van der Waals surface area contributed by atoms with Crippen molar-refractivity contribution in [3.63, 3.8) is 0 Å². The molecule has 0 saturated heterocycles. The lowest BCUT2D eigenvalue weighted by Gasteiger charge is -2.20. The van der Waals surface area contributed by atoms with Crippen molar-refractivity contribution in [3.05, 3.63) is 62.5 Å². The number of Topliss-reactive ketones (excluding diaryl/α,β-unsaturated/α-hetero) is 1. The second-order valence-corrected chi connectivity index (χ2v) is 6.95. The minimum atomic E-state index is -1.85. The van der Waals surface area contributed by atoms with Crippen molar-refractivity contribution in [3.8, 4) is 0 Å². The number of aliphatic hydroxyl groups is 1. The van der Waals surface area contributed by atoms with Crippen molar-refractivity contribution in [2.75, 3.05) is 5.32 Å². The highest BCUT2D eigenvalue weighted by molar-refractivity contribution is 9.10. The van der Waals surface area contributed by atoms with E-state index in [1.807, 2.05) is 0 Å². The van der Waals surface area contributed by atoms with Crippen LogP contribution in [0.4, 0.5) is 5.69 Å². The molecule has 1 heterocycles. The fourth-order valence-electron chi connectivity index (χ4n) is 2.49. The SMILES string of the molecule is O=C(CC1(O)C(=O)Nc2ccc(Br)cc21)c1cccc(Br)c1. The first kappa shape index (κ1) is 15.4. The zero-order valence-electron chi connectivity index (χ0n) is 11.3. The van der Waals surface area contributed by atoms with Gasteiger partial charge in [-0.05, 0) is 30.3 Å². The maximum atomic E-state index is 12.4. The summed E-state index contributed by atoms with van der Waals surface area (Å²) >= 11 is 6.62. The number of fused-ring (bicyclic) bond motifs is 1. The van der Waals surface area contributed by atoms with Crippen molar-refractivity contribution < 1.29 is 14.7 Å². The van der Waals surface area contributed by atoms with Crippen molar-refractivity contribution in [1.82, 2.24) is 0 Å². The fourth-order valence-corrected chi connectivity index (χ4v) is 3.25. The maximum Gasteiger partial charge on any atom is 0.261 e. The van der Waals surface area contributed by atoms with E-state index in [1.54, 1.807) is 42.5 Å². The Kier molecular flexibility index (Phi) is 3.92. The minimum Gasteiger partial charge on any atom is -0.375 e. The van der Waals surface area contributed by atoms with Crippen LogP contribution in [0.3, 0.4) is 0 Å². The summed E-state index contributed by atoms with van der Waals surface area (Å²) in [6, 6.07) is 12.0. The normalized spacial score (nSPS) is 19.7. The van der Waals surface area contributed by atoms with Gasteiger partial charge in [0.1, 0.15) is 0 Å². The van der Waals surface area contributed by atoms with E-state index in [2.05, 4.69) is 37.2 Å². The van der Waals surface area contributed by atoms with Gasteiger partial charge in [-0.25, -0.2) is 0 Å². The van der Waals surface area contributed by atoms with Crippen LogP contribution in [0.2, 0.25) is 0 Å². The molecule has 1 atom stereocenters. The van der Waals surface area contributed by atoms with E-state index in [-0.39, 0.29) is 12.2 Å². The molecule has 2 aromatic rings. The molecule has 4 nitrogen and oxygen atoms in total. The molecule has 2 N–H and O–H groups in total. The number of amides is 1. The van der Waals surface area contributed by atoms with Gasteiger partial charge in [-0.15, -0.1) is 0 Å². The average Bonchev–Trinajstić information content (AvgIpc) is 2.71. The minimum absolute atomic E-state index is 0.299. The molecule has 3 rings (SSSR count). The molecule has 0 bridgehead atoms. The van der Waals surface area contributed by atoms with Crippen molar-refractivity contribution in [2.24, 2.45) is 0 Å². The van der Waals surface area contributed by atoms with Crippen LogP contribution in [0, 0.1) is 0 Å². The molecule has 1 aliphatic heterocycles. The Morgan fingerprint density at radius 3 is 2.59 bits per heavy atom. The molecule has 2 aromatic carbocycles. The van der Waals surface area contributed by atoms with E-state index in [9.17, 15) is 14.7 Å². The van der Waals surface area contributed by atoms with Crippen molar-refractivity contribution in [1.29, 1.82) is 0 Å². The van der Waals surface area contributed by atoms with Crippen molar-refractivity contribution >= 4 is 49.2 Å². The van der Waals surface area contributed by atoms with Crippen LogP contribution in [0.25, 0.3) is 0 Å². The van der Waals surface area contributed by atoms with E-state index in [0.29, 0.717) is 16.8 Å². The molecule has 0 aromatic heterocycles. The van der Waals surface area contributed by atoms with E-state index < -0.39 is 11.5 Å². The Balaban J connectivity index is 1.96. The monoisotopic (exact) mass is 423 g/mol. The van der Waals surface area contributed by atoms with Crippen molar-refractivity contribution in [2.45, 2.75) is 12.0 Å². The Morgan fingerprint density at radius 2 is 1.86 bits per heavy atom. The zero-order chi connectivity index (χ0) is 15.9. The number of carbonyl (C=O) groups is 2. The first-order chi connectivity index (χ1) is 10.4. The van der Waals surface area contributed by atoms with Gasteiger partial charge >= 0.3 is 0 Å². The number of benzene rings is 2. The number of nitrogens with one attached hydrogen (secondary N) is 1. The van der Waals surface area contributed by atoms with Gasteiger partial charge in [0.15, 0.2) is 11.4 Å². The van der Waals surface area contributed by atoms with Crippen LogP contribution in [-0.4, -0.2) is 16.8 Å². The number of carbonyl (C=O) groups excluding carboxylic acids is 2. The summed E-state index contributed by atoms with van der Waals surface area (Å²) in [7, 11) is 0. The summed E-state index contributed by atoms with van der Waals surface area (Å²) < 4.78 is 1.50. The highest BCUT2D eigenvalue weighted by Crippen LogP contribution is 2.40. The molecule has 1 amide bonds. The molecule has 112 valence electrons. The Morgan fingerprint density at radius 1 is 1.14 bits per heavy atom. The lowest BCUT2D eigenvalue weighted by Crippen LogP contribution is -2.36. The summed E-state index contributed by atoms with van der Waals surface area (Å²) in [5, 5.41) is 13.4. The highest BCUT2D eigenvalue weighted by atomic mass is 79.9.